The molecule has 1 aromatic heterocycles. The molecule has 20 heavy (non-hydrogen) atoms. The second-order valence-corrected chi connectivity index (χ2v) is 6.21. The third kappa shape index (κ3) is 1.80. The van der Waals surface area contributed by atoms with E-state index in [4.69, 9.17) is 0 Å². The van der Waals surface area contributed by atoms with Gasteiger partial charge in [0.05, 0.1) is 0 Å². The first-order chi connectivity index (χ1) is 9.83. The van der Waals surface area contributed by atoms with Crippen LogP contribution in [0.2, 0.25) is 0 Å². The van der Waals surface area contributed by atoms with Crippen molar-refractivity contribution in [3.8, 4) is 11.1 Å². The molecule has 4 rings (SSSR count). The SMILES string of the molecule is O=C1CCCc2ccc(-c3csc4ccccc34)cc21. The van der Waals surface area contributed by atoms with Gasteiger partial charge in [-0.25, -0.2) is 0 Å². The first kappa shape index (κ1) is 11.9. The molecule has 1 heterocycles. The zero-order chi connectivity index (χ0) is 13.5. The van der Waals surface area contributed by atoms with E-state index in [1.165, 1.54) is 21.2 Å². The number of benzene rings is 2. The largest absolute Gasteiger partial charge is 0.294 e. The summed E-state index contributed by atoms with van der Waals surface area (Å²) in [6.07, 6.45) is 2.72. The lowest BCUT2D eigenvalue weighted by atomic mass is 9.88. The second-order valence-electron chi connectivity index (χ2n) is 5.29. The van der Waals surface area contributed by atoms with E-state index in [9.17, 15) is 4.79 Å². The molecular weight excluding hydrogens is 264 g/mol. The Morgan fingerprint density at radius 2 is 1.85 bits per heavy atom. The van der Waals surface area contributed by atoms with Crippen LogP contribution < -0.4 is 0 Å². The molecular formula is C18H14OS. The number of ketones is 1. The van der Waals surface area contributed by atoms with Crippen molar-refractivity contribution in [2.45, 2.75) is 19.3 Å². The summed E-state index contributed by atoms with van der Waals surface area (Å²) in [6.45, 7) is 0. The van der Waals surface area contributed by atoms with Crippen molar-refractivity contribution in [1.29, 1.82) is 0 Å². The quantitative estimate of drug-likeness (QED) is 0.606. The minimum Gasteiger partial charge on any atom is -0.294 e. The van der Waals surface area contributed by atoms with E-state index in [1.807, 2.05) is 0 Å². The van der Waals surface area contributed by atoms with Crippen molar-refractivity contribution in [2.24, 2.45) is 0 Å². The van der Waals surface area contributed by atoms with Crippen LogP contribution in [0.1, 0.15) is 28.8 Å². The predicted molar refractivity (Wildman–Crippen MR) is 84.5 cm³/mol. The number of hydrogen-bond acceptors (Lipinski definition) is 2. The molecule has 0 saturated carbocycles. The van der Waals surface area contributed by atoms with Crippen LogP contribution in [0.5, 0.6) is 0 Å². The number of aryl methyl sites for hydroxylation is 1. The average molecular weight is 278 g/mol. The molecule has 1 aliphatic rings. The Morgan fingerprint density at radius 3 is 2.80 bits per heavy atom. The molecule has 1 nitrogen and oxygen atoms in total. The van der Waals surface area contributed by atoms with E-state index < -0.39 is 0 Å². The summed E-state index contributed by atoms with van der Waals surface area (Å²) in [4.78, 5) is 12.1. The van der Waals surface area contributed by atoms with Gasteiger partial charge in [-0.2, -0.15) is 0 Å². The summed E-state index contributed by atoms with van der Waals surface area (Å²) in [5.41, 5.74) is 4.55. The summed E-state index contributed by atoms with van der Waals surface area (Å²) in [6, 6.07) is 14.8. The molecule has 1 aliphatic carbocycles. The first-order valence-corrected chi connectivity index (χ1v) is 7.83. The van der Waals surface area contributed by atoms with Gasteiger partial charge in [0.1, 0.15) is 0 Å². The maximum Gasteiger partial charge on any atom is 0.163 e. The van der Waals surface area contributed by atoms with Crippen molar-refractivity contribution in [1.82, 2.24) is 0 Å². The van der Waals surface area contributed by atoms with Gasteiger partial charge in [-0.05, 0) is 41.5 Å². The number of carbonyl (C=O) groups excluding carboxylic acids is 1. The molecule has 98 valence electrons. The highest BCUT2D eigenvalue weighted by Gasteiger charge is 2.18. The van der Waals surface area contributed by atoms with Gasteiger partial charge in [-0.15, -0.1) is 11.3 Å². The van der Waals surface area contributed by atoms with Gasteiger partial charge in [0.2, 0.25) is 0 Å². The Kier molecular flexibility index (Phi) is 2.71. The Bertz CT molecular complexity index is 813. The van der Waals surface area contributed by atoms with Crippen molar-refractivity contribution in [2.75, 3.05) is 0 Å². The van der Waals surface area contributed by atoms with Gasteiger partial charge in [-0.1, -0.05) is 30.3 Å². The fourth-order valence-electron chi connectivity index (χ4n) is 3.00. The molecule has 0 aliphatic heterocycles. The lowest BCUT2D eigenvalue weighted by molar-refractivity contribution is 0.0972. The smallest absolute Gasteiger partial charge is 0.163 e. The second kappa shape index (κ2) is 4.57. The molecule has 0 radical (unpaired) electrons. The number of carbonyl (C=O) groups is 1. The molecule has 3 aromatic rings. The van der Waals surface area contributed by atoms with Crippen LogP contribution in [0.15, 0.2) is 47.8 Å². The number of hydrogen-bond donors (Lipinski definition) is 0. The highest BCUT2D eigenvalue weighted by atomic mass is 32.1. The van der Waals surface area contributed by atoms with Crippen LogP contribution in [0, 0.1) is 0 Å². The summed E-state index contributed by atoms with van der Waals surface area (Å²) in [5.74, 6) is 0.299. The zero-order valence-electron chi connectivity index (χ0n) is 11.1. The minimum absolute atomic E-state index is 0.299. The molecule has 0 saturated heterocycles. The van der Waals surface area contributed by atoms with Crippen molar-refractivity contribution >= 4 is 27.2 Å². The third-order valence-electron chi connectivity index (χ3n) is 4.05. The molecule has 2 heteroatoms. The number of fused-ring (bicyclic) bond motifs is 2. The number of Topliss-reactive ketones (excluding diaryl/α,β-unsaturated/α-hetero) is 1. The molecule has 0 atom stereocenters. The summed E-state index contributed by atoms with van der Waals surface area (Å²) < 4.78 is 1.30. The van der Waals surface area contributed by atoms with E-state index in [-0.39, 0.29) is 0 Å². The Balaban J connectivity index is 1.91. The highest BCUT2D eigenvalue weighted by Crippen LogP contribution is 2.35. The maximum atomic E-state index is 12.1. The monoisotopic (exact) mass is 278 g/mol. The van der Waals surface area contributed by atoms with E-state index in [1.54, 1.807) is 11.3 Å². The zero-order valence-corrected chi connectivity index (χ0v) is 11.9. The van der Waals surface area contributed by atoms with Crippen LogP contribution in [0.3, 0.4) is 0 Å². The van der Waals surface area contributed by atoms with Crippen LogP contribution in [-0.2, 0) is 6.42 Å². The van der Waals surface area contributed by atoms with E-state index in [0.717, 1.165) is 24.0 Å². The number of thiophene rings is 1. The van der Waals surface area contributed by atoms with Gasteiger partial charge in [-0.3, -0.25) is 4.79 Å². The molecule has 0 unspecified atom stereocenters. The van der Waals surface area contributed by atoms with Crippen molar-refractivity contribution < 1.29 is 4.79 Å². The summed E-state index contributed by atoms with van der Waals surface area (Å²) in [7, 11) is 0. The lowest BCUT2D eigenvalue weighted by Crippen LogP contribution is -2.10. The van der Waals surface area contributed by atoms with E-state index in [2.05, 4.69) is 47.8 Å². The fraction of sp³-hybridized carbons (Fsp3) is 0.167. The van der Waals surface area contributed by atoms with Crippen LogP contribution in [0.25, 0.3) is 21.2 Å². The highest BCUT2D eigenvalue weighted by molar-refractivity contribution is 7.17. The van der Waals surface area contributed by atoms with Crippen LogP contribution in [0.4, 0.5) is 0 Å². The molecule has 2 aromatic carbocycles. The molecule has 0 N–H and O–H groups in total. The van der Waals surface area contributed by atoms with Gasteiger partial charge in [0, 0.05) is 27.6 Å². The van der Waals surface area contributed by atoms with Gasteiger partial charge in [0.15, 0.2) is 5.78 Å². The van der Waals surface area contributed by atoms with Gasteiger partial charge in [0.25, 0.3) is 0 Å². The normalized spacial score (nSPS) is 14.5. The Labute approximate surface area is 121 Å². The Morgan fingerprint density at radius 1 is 0.950 bits per heavy atom. The van der Waals surface area contributed by atoms with E-state index >= 15 is 0 Å². The summed E-state index contributed by atoms with van der Waals surface area (Å²) in [5, 5.41) is 3.47. The lowest BCUT2D eigenvalue weighted by Gasteiger charge is -2.15. The van der Waals surface area contributed by atoms with Gasteiger partial charge >= 0.3 is 0 Å². The fourth-order valence-corrected chi connectivity index (χ4v) is 3.97. The third-order valence-corrected chi connectivity index (χ3v) is 5.02. The number of rotatable bonds is 1. The van der Waals surface area contributed by atoms with E-state index in [0.29, 0.717) is 12.2 Å². The minimum atomic E-state index is 0.299. The van der Waals surface area contributed by atoms with Gasteiger partial charge < -0.3 is 0 Å². The van der Waals surface area contributed by atoms with Crippen molar-refractivity contribution in [3.05, 3.63) is 59.0 Å². The summed E-state index contributed by atoms with van der Waals surface area (Å²) >= 11 is 1.76. The van der Waals surface area contributed by atoms with Crippen LogP contribution in [-0.4, -0.2) is 5.78 Å². The standard InChI is InChI=1S/C18H14OS/c19-17-6-3-4-12-8-9-13(10-15(12)17)16-11-20-18-7-2-1-5-14(16)18/h1-2,5,7-11H,3-4,6H2. The molecule has 0 bridgehead atoms. The maximum absolute atomic E-state index is 12.1. The van der Waals surface area contributed by atoms with Crippen molar-refractivity contribution in [3.63, 3.8) is 0 Å². The Hall–Kier alpha value is -1.93. The molecule has 0 amide bonds. The predicted octanol–water partition coefficient (Wildman–Crippen LogP) is 5.09. The molecule has 0 spiro atoms. The first-order valence-electron chi connectivity index (χ1n) is 6.96. The van der Waals surface area contributed by atoms with Crippen LogP contribution >= 0.6 is 11.3 Å². The molecule has 0 fully saturated rings. The average Bonchev–Trinajstić information content (AvgIpc) is 2.91. The topological polar surface area (TPSA) is 17.1 Å².